The van der Waals surface area contributed by atoms with Crippen molar-refractivity contribution in [3.8, 4) is 0 Å². The van der Waals surface area contributed by atoms with Crippen LogP contribution in [0.1, 0.15) is 18.2 Å². The van der Waals surface area contributed by atoms with Crippen molar-refractivity contribution in [3.63, 3.8) is 0 Å². The van der Waals surface area contributed by atoms with Gasteiger partial charge in [0.1, 0.15) is 0 Å². The molecule has 0 bridgehead atoms. The second-order valence-electron chi connectivity index (χ2n) is 3.00. The van der Waals surface area contributed by atoms with Crippen molar-refractivity contribution in [1.29, 1.82) is 0 Å². The zero-order chi connectivity index (χ0) is 11.8. The molecule has 1 amide bonds. The van der Waals surface area contributed by atoms with Crippen molar-refractivity contribution < 1.29 is 48.7 Å². The van der Waals surface area contributed by atoms with E-state index in [-0.39, 0.29) is 43.5 Å². The summed E-state index contributed by atoms with van der Waals surface area (Å²) >= 11 is -2.48. The fraction of sp³-hybridized carbons (Fsp3) is 0.300. The van der Waals surface area contributed by atoms with Crippen LogP contribution in [0.15, 0.2) is 30.3 Å². The van der Waals surface area contributed by atoms with Crippen LogP contribution in [0.4, 0.5) is 0 Å². The van der Waals surface area contributed by atoms with Crippen LogP contribution in [0.2, 0.25) is 0 Å². The molecule has 0 saturated carbocycles. The summed E-state index contributed by atoms with van der Waals surface area (Å²) in [5, 5.41) is 2.65. The normalized spacial score (nSPS) is 11.4. The van der Waals surface area contributed by atoms with Crippen LogP contribution in [0.25, 0.3) is 0 Å². The summed E-state index contributed by atoms with van der Waals surface area (Å²) in [5.41, 5.74) is 0.579. The number of rotatable bonds is 6. The van der Waals surface area contributed by atoms with Crippen LogP contribution in [0.5, 0.6) is 0 Å². The maximum absolute atomic E-state index is 11.5. The van der Waals surface area contributed by atoms with E-state index in [4.69, 9.17) is 0 Å². The summed E-state index contributed by atoms with van der Waals surface area (Å²) in [4.78, 5) is 11.5. The summed E-state index contributed by atoms with van der Waals surface area (Å²) in [6.07, 6.45) is 0.451. The molecule has 1 aromatic rings. The van der Waals surface area contributed by atoms with E-state index in [2.05, 4.69) is 9.50 Å². The van der Waals surface area contributed by atoms with Gasteiger partial charge in [-0.1, -0.05) is 18.2 Å². The minimum Gasteiger partial charge on any atom is -1.00 e. The van der Waals surface area contributed by atoms with Crippen LogP contribution in [-0.4, -0.2) is 27.8 Å². The van der Waals surface area contributed by atoms with Gasteiger partial charge in [0.15, 0.2) is 0 Å². The average Bonchev–Trinajstić information content (AvgIpc) is 2.29. The van der Waals surface area contributed by atoms with Crippen molar-refractivity contribution in [2.75, 3.05) is 13.2 Å². The maximum Gasteiger partial charge on any atom is 1.00 e. The molecule has 7 heteroatoms. The molecule has 0 saturated heterocycles. The van der Waals surface area contributed by atoms with Gasteiger partial charge in [-0.15, -0.1) is 0 Å². The largest absolute Gasteiger partial charge is 1.00 e. The average molecular weight is 266 g/mol. The van der Waals surface area contributed by atoms with Crippen LogP contribution >= 0.6 is 0 Å². The third kappa shape index (κ3) is 7.64. The van der Waals surface area contributed by atoms with Gasteiger partial charge >= 0.3 is 29.6 Å². The summed E-state index contributed by atoms with van der Waals surface area (Å²) in [7, 11) is 0. The SMILES string of the molecule is O=C(NCCCOS(=O)[O-])c1ccccc1.[H-].[Na+]. The Morgan fingerprint density at radius 1 is 1.41 bits per heavy atom. The van der Waals surface area contributed by atoms with Gasteiger partial charge in [0.25, 0.3) is 5.91 Å². The van der Waals surface area contributed by atoms with Crippen molar-refractivity contribution >= 4 is 17.3 Å². The number of carbonyl (C=O) groups excluding carboxylic acids is 1. The zero-order valence-electron chi connectivity index (χ0n) is 10.5. The standard InChI is InChI=1S/C10H13NO4S.Na.H/c12-10(9-5-2-1-3-6-9)11-7-4-8-15-16(13)14;;/h1-3,5-6H,4,7-8H2,(H,11,12)(H,13,14);;/q;+1;-1/p-1. The van der Waals surface area contributed by atoms with Crippen LogP contribution < -0.4 is 34.9 Å². The van der Waals surface area contributed by atoms with E-state index in [1.807, 2.05) is 6.07 Å². The third-order valence-electron chi connectivity index (χ3n) is 1.82. The van der Waals surface area contributed by atoms with Crippen molar-refractivity contribution in [2.45, 2.75) is 6.42 Å². The fourth-order valence-electron chi connectivity index (χ4n) is 1.09. The maximum atomic E-state index is 11.5. The fourth-order valence-corrected chi connectivity index (χ4v) is 1.35. The van der Waals surface area contributed by atoms with E-state index < -0.39 is 11.4 Å². The Morgan fingerprint density at radius 3 is 2.65 bits per heavy atom. The van der Waals surface area contributed by atoms with Crippen molar-refractivity contribution in [3.05, 3.63) is 35.9 Å². The number of hydrogen-bond donors (Lipinski definition) is 1. The molecule has 0 spiro atoms. The number of hydrogen-bond acceptors (Lipinski definition) is 4. The molecule has 0 aromatic heterocycles. The first-order valence-corrected chi connectivity index (χ1v) is 5.76. The van der Waals surface area contributed by atoms with Gasteiger partial charge in [0, 0.05) is 12.1 Å². The Morgan fingerprint density at radius 2 is 2.06 bits per heavy atom. The van der Waals surface area contributed by atoms with Gasteiger partial charge < -0.3 is 15.5 Å². The van der Waals surface area contributed by atoms with E-state index in [1.54, 1.807) is 24.3 Å². The molecule has 0 aliphatic rings. The van der Waals surface area contributed by atoms with E-state index in [0.29, 0.717) is 18.5 Å². The predicted molar refractivity (Wildman–Crippen MR) is 59.4 cm³/mol. The smallest absolute Gasteiger partial charge is 1.00 e. The van der Waals surface area contributed by atoms with Gasteiger partial charge in [-0.2, -0.15) is 0 Å². The predicted octanol–water partition coefficient (Wildman–Crippen LogP) is -2.27. The van der Waals surface area contributed by atoms with E-state index in [1.165, 1.54) is 0 Å². The van der Waals surface area contributed by atoms with Gasteiger partial charge in [-0.3, -0.25) is 4.79 Å². The molecule has 1 unspecified atom stereocenters. The Kier molecular flexibility index (Phi) is 9.62. The van der Waals surface area contributed by atoms with E-state index >= 15 is 0 Å². The minimum atomic E-state index is -2.48. The van der Waals surface area contributed by atoms with Gasteiger partial charge in [-0.05, 0) is 18.6 Å². The van der Waals surface area contributed by atoms with Gasteiger partial charge in [-0.25, -0.2) is 4.21 Å². The molecule has 1 rings (SSSR count). The Labute approximate surface area is 126 Å². The van der Waals surface area contributed by atoms with Crippen molar-refractivity contribution in [1.82, 2.24) is 5.32 Å². The summed E-state index contributed by atoms with van der Waals surface area (Å²) in [5.74, 6) is -0.177. The van der Waals surface area contributed by atoms with Crippen molar-refractivity contribution in [2.24, 2.45) is 0 Å². The molecule has 17 heavy (non-hydrogen) atoms. The molecular weight excluding hydrogens is 253 g/mol. The number of nitrogens with one attached hydrogen (secondary N) is 1. The molecule has 1 aromatic carbocycles. The van der Waals surface area contributed by atoms with Gasteiger partial charge in [0.05, 0.1) is 18.0 Å². The topological polar surface area (TPSA) is 78.5 Å². The first-order valence-electron chi connectivity index (χ1n) is 4.76. The van der Waals surface area contributed by atoms with E-state index in [9.17, 15) is 13.6 Å². The van der Waals surface area contributed by atoms with E-state index in [0.717, 1.165) is 0 Å². The van der Waals surface area contributed by atoms with Crippen LogP contribution in [-0.2, 0) is 15.5 Å². The molecule has 0 heterocycles. The minimum absolute atomic E-state index is 0. The molecule has 1 N–H and O–H groups in total. The Bertz CT molecular complexity index is 366. The molecule has 1 atom stereocenters. The Hall–Kier alpha value is -0.240. The molecule has 90 valence electrons. The molecule has 0 aliphatic heterocycles. The quantitative estimate of drug-likeness (QED) is 0.358. The Balaban J connectivity index is 0. The zero-order valence-corrected chi connectivity index (χ0v) is 12.4. The monoisotopic (exact) mass is 266 g/mol. The number of benzene rings is 1. The van der Waals surface area contributed by atoms with Gasteiger partial charge in [0.2, 0.25) is 0 Å². The third-order valence-corrected chi connectivity index (χ3v) is 2.18. The van der Waals surface area contributed by atoms with Crippen LogP contribution in [0.3, 0.4) is 0 Å². The summed E-state index contributed by atoms with van der Waals surface area (Å²) < 4.78 is 24.3. The van der Waals surface area contributed by atoms with Crippen LogP contribution in [0, 0.1) is 0 Å². The first kappa shape index (κ1) is 16.8. The first-order chi connectivity index (χ1) is 7.70. The second-order valence-corrected chi connectivity index (χ2v) is 3.65. The summed E-state index contributed by atoms with van der Waals surface area (Å²) in [6.45, 7) is 0.454. The molecule has 0 radical (unpaired) electrons. The summed E-state index contributed by atoms with van der Waals surface area (Å²) in [6, 6.07) is 8.79. The second kappa shape index (κ2) is 9.76. The molecule has 0 aliphatic carbocycles. The molecular formula is C10H13NNaO4S-. The molecule has 0 fully saturated rings. The molecule has 5 nitrogen and oxygen atoms in total. The number of carbonyl (C=O) groups is 1. The number of amides is 1.